The standard InChI is InChI=1S/C24H30O4.C23H29ClO6.C22H36O5.C21H34O5.C20H29FO5/c25-22(23(26)19-14-20-24(27)28)18-13-8-6-4-2-1-3-5-7-10-15-21-16-11-9-12-17-21;24-18-9-7-11-20(17-18)30-16-15-19(25)10-5-3-1-2-4-6-12-21(26)22(27)13-8-14-23(28)29;1-4-5-17-22(2,3)20(25)15-11-9-7-6-8-10-13-18(23)19(24)14-12-16-21(26)27;1-3-4-10-16-21(2,26)17-11-8-6-5-7-9-13-18(22)19(23)14-12-15-20(24)25;1-2-3-11-16(21)17(22)12-8-6-4-5-7-9-13-18(23)19(24)14-10-15-20(25)26/h2,4,6,8-9,11-13,16-18,22-23,25-26H,1,7,10,14-15,19-20H2,(H,27,28);1-7,9-12,17,19,21-22,25-27H,8,13-16H2,(H,28,29);6-11,13,15,18-20,23-25H,4-5,12,14,16-17H2,1-3H3,(H,26,27);5-9,11,13,17-19,22-23,26H,3-4,10,12,14-16H2,1-2H3,(H,24,25);4-7,9,13,16-19,22-24H,2-3,10-11,14-15H2,1H3,(H,25,26)/b4-2-,8-6+,18-13+;3-1-,4-2+,10-5+,12-6+;8-6+,9-7-,13-10+,15-11+;7-5+,8-6-,13-9+,17-11+;6-4-,7-5+,13-9+/t22-,23+;19-,21+,22-;18-,19+,20+;18-,19+,21+;16-,17-,18+,19-/m10110/s1. The zero-order valence-corrected chi connectivity index (χ0v) is 81.4. The molecule has 0 aromatic heterocycles. The van der Waals surface area contributed by atoms with Crippen LogP contribution >= 0.6 is 11.6 Å². The van der Waals surface area contributed by atoms with Gasteiger partial charge in [-0.25, -0.2) is 4.39 Å². The maximum absolute atomic E-state index is 13.4. The van der Waals surface area contributed by atoms with E-state index < -0.39 is 121 Å². The van der Waals surface area contributed by atoms with E-state index in [0.29, 0.717) is 75.2 Å². The molecule has 2 rings (SSSR count). The number of alkyl halides is 1. The fourth-order valence-electron chi connectivity index (χ4n) is 11.4. The highest BCUT2D eigenvalue weighted by Gasteiger charge is 2.25. The molecule has 0 aliphatic heterocycles. The van der Waals surface area contributed by atoms with Gasteiger partial charge < -0.3 is 102 Å². The number of allylic oxidation sites excluding steroid dienone is 28. The number of carbonyl (C=O) groups is 5. The minimum atomic E-state index is -1.34. The fourth-order valence-corrected chi connectivity index (χ4v) is 11.6. The Morgan fingerprint density at radius 2 is 0.781 bits per heavy atom. The van der Waals surface area contributed by atoms with Crippen molar-refractivity contribution in [2.24, 2.45) is 5.41 Å². The summed E-state index contributed by atoms with van der Waals surface area (Å²) < 4.78 is 19.0. The highest BCUT2D eigenvalue weighted by molar-refractivity contribution is 6.30. The van der Waals surface area contributed by atoms with Crippen LogP contribution in [0, 0.1) is 29.1 Å². The Morgan fingerprint density at radius 1 is 0.401 bits per heavy atom. The Balaban J connectivity index is -0.00000164. The highest BCUT2D eigenvalue weighted by atomic mass is 35.5. The fraction of sp³-hybridized carbons (Fsp3) is 0.482. The van der Waals surface area contributed by atoms with E-state index in [1.807, 2.05) is 55.5 Å². The molecule has 0 amide bonds. The van der Waals surface area contributed by atoms with Crippen LogP contribution in [0.1, 0.15) is 233 Å². The second kappa shape index (κ2) is 88.4. The number of benzene rings is 2. The lowest BCUT2D eigenvalue weighted by molar-refractivity contribution is -0.138. The van der Waals surface area contributed by atoms with E-state index >= 15 is 0 Å². The normalized spacial score (nSPS) is 15.9. The van der Waals surface area contributed by atoms with Crippen molar-refractivity contribution in [2.45, 2.75) is 325 Å². The van der Waals surface area contributed by atoms with Crippen molar-refractivity contribution in [3.63, 3.8) is 0 Å². The van der Waals surface area contributed by atoms with Gasteiger partial charge in [0.1, 0.15) is 18.0 Å². The van der Waals surface area contributed by atoms with Gasteiger partial charge in [-0.1, -0.05) is 358 Å². The summed E-state index contributed by atoms with van der Waals surface area (Å²) in [7, 11) is 0. The number of aryl methyl sites for hydroxylation is 1. The number of hydrogen-bond acceptors (Lipinski definition) is 20. The molecule has 0 saturated carbocycles. The minimum Gasteiger partial charge on any atom is -0.493 e. The van der Waals surface area contributed by atoms with Crippen LogP contribution in [0.25, 0.3) is 0 Å². The second-order valence-corrected chi connectivity index (χ2v) is 33.4. The van der Waals surface area contributed by atoms with E-state index in [2.05, 4.69) is 75.6 Å². The van der Waals surface area contributed by atoms with Crippen LogP contribution in [0.3, 0.4) is 0 Å². The Bertz CT molecular complexity index is 4190. The van der Waals surface area contributed by atoms with Crippen LogP contribution < -0.4 is 4.74 Å². The molecule has 0 unspecified atom stereocenters. The molecule has 0 bridgehead atoms. The van der Waals surface area contributed by atoms with Crippen molar-refractivity contribution in [1.82, 2.24) is 0 Å². The predicted octanol–water partition coefficient (Wildman–Crippen LogP) is 17.5. The zero-order valence-electron chi connectivity index (χ0n) is 80.7. The molecular weight excluding hydrogens is 1780 g/mol. The molecule has 2 aromatic rings. The van der Waals surface area contributed by atoms with Gasteiger partial charge in [-0.15, -0.1) is 5.92 Å². The molecule has 0 aliphatic carbocycles. The van der Waals surface area contributed by atoms with E-state index in [1.165, 1.54) is 42.0 Å². The van der Waals surface area contributed by atoms with Crippen LogP contribution in [0.15, 0.2) is 273 Å². The van der Waals surface area contributed by atoms with Crippen molar-refractivity contribution in [3.05, 3.63) is 284 Å². The Hall–Kier alpha value is -10.3. The summed E-state index contributed by atoms with van der Waals surface area (Å²) in [4.78, 5) is 52.0. The molecule has 762 valence electrons. The van der Waals surface area contributed by atoms with E-state index in [4.69, 9.17) is 41.9 Å². The third-order valence-electron chi connectivity index (χ3n) is 19.8. The molecule has 2 aromatic carbocycles. The Labute approximate surface area is 817 Å². The quantitative estimate of drug-likeness (QED) is 0.0166. The first kappa shape index (κ1) is 131. The van der Waals surface area contributed by atoms with Gasteiger partial charge in [-0.2, -0.15) is 0 Å². The molecule has 0 saturated heterocycles. The van der Waals surface area contributed by atoms with Crippen LogP contribution in [0.5, 0.6) is 5.75 Å². The summed E-state index contributed by atoms with van der Waals surface area (Å²) in [5, 5.41) is 180. The molecule has 0 spiro atoms. The summed E-state index contributed by atoms with van der Waals surface area (Å²) in [6, 6.07) is 17.5. The third-order valence-corrected chi connectivity index (χ3v) is 20.0. The summed E-state index contributed by atoms with van der Waals surface area (Å²) >= 11 is 5.87. The first-order chi connectivity index (χ1) is 65.3. The van der Waals surface area contributed by atoms with Crippen LogP contribution in [-0.2, 0) is 30.4 Å². The van der Waals surface area contributed by atoms with Crippen LogP contribution in [0.4, 0.5) is 4.39 Å². The monoisotopic (exact) mass is 1930 g/mol. The zero-order chi connectivity index (χ0) is 103. The first-order valence-corrected chi connectivity index (χ1v) is 47.5. The highest BCUT2D eigenvalue weighted by Crippen LogP contribution is 2.29. The summed E-state index contributed by atoms with van der Waals surface area (Å²) in [6.07, 6.45) is 62.9. The number of rotatable bonds is 66. The molecule has 0 heterocycles. The van der Waals surface area contributed by atoms with Crippen molar-refractivity contribution in [2.75, 3.05) is 6.61 Å². The number of aliphatic hydroxyl groups is 14. The number of aliphatic carboxylic acids is 5. The van der Waals surface area contributed by atoms with Gasteiger partial charge in [0.25, 0.3) is 0 Å². The SMILES string of the molecule is CCCCC(C)(C)[C@@H](O)/C=C/C=C\C=C\C=C\[C@@H](O)[C@@H](O)CCCC(=O)O.CCCCC[C@](C)(O)/C=C/C=C\C=C\C=C\[C@@H](O)[C@@H](O)CCCC(=O)O.CCCC[C@H](F)[C@@H](O)C#C\C=C/C=C/C=C/[C@@H](O)[C@@H](O)CCCC(=O)O.O=C(O)CCC[C@H](O)[C@H](O)/C=C/C=C/C=C\C=C\[C@H](O)CCOc1cccc(Cl)c1.O=C(O)CCC[C@H](O)[C@H](O)/C=C/C=C/C=C\CC#CCCCc1ccccc1. The maximum atomic E-state index is 13.4. The van der Waals surface area contributed by atoms with Crippen molar-refractivity contribution >= 4 is 41.4 Å². The molecule has 0 fully saturated rings. The van der Waals surface area contributed by atoms with E-state index in [1.54, 1.807) is 171 Å². The lowest BCUT2D eigenvalue weighted by atomic mass is 9.81. The number of carboxylic acid groups (broad SMARTS) is 5. The average Bonchev–Trinajstić information content (AvgIpc) is 0.883. The lowest BCUT2D eigenvalue weighted by Gasteiger charge is -2.28. The number of unbranched alkanes of at least 4 members (excludes halogenated alkanes) is 5. The summed E-state index contributed by atoms with van der Waals surface area (Å²) in [5.74, 6) is 7.36. The molecule has 19 N–H and O–H groups in total. The van der Waals surface area contributed by atoms with Gasteiger partial charge in [0, 0.05) is 56.4 Å². The second-order valence-electron chi connectivity index (χ2n) is 32.9. The smallest absolute Gasteiger partial charge is 0.303 e. The van der Waals surface area contributed by atoms with Gasteiger partial charge in [0.15, 0.2) is 0 Å². The van der Waals surface area contributed by atoms with Gasteiger partial charge >= 0.3 is 29.8 Å². The van der Waals surface area contributed by atoms with Gasteiger partial charge in [0.2, 0.25) is 0 Å². The largest absolute Gasteiger partial charge is 0.493 e. The lowest BCUT2D eigenvalue weighted by Crippen LogP contribution is -2.27. The summed E-state index contributed by atoms with van der Waals surface area (Å²) in [5.41, 5.74) is 0.421. The van der Waals surface area contributed by atoms with Gasteiger partial charge in [0.05, 0.1) is 85.5 Å². The molecule has 0 radical (unpaired) electrons. The van der Waals surface area contributed by atoms with Crippen molar-refractivity contribution in [3.8, 4) is 29.4 Å². The molecule has 25 nitrogen and oxygen atoms in total. The number of ether oxygens (including phenoxy) is 1. The predicted molar refractivity (Wildman–Crippen MR) is 544 cm³/mol. The van der Waals surface area contributed by atoms with Crippen molar-refractivity contribution < 1.29 is 130 Å². The topological polar surface area (TPSA) is 479 Å². The summed E-state index contributed by atoms with van der Waals surface area (Å²) in [6.45, 7) is 12.5. The van der Waals surface area contributed by atoms with Gasteiger partial charge in [-0.3, -0.25) is 24.0 Å². The minimum absolute atomic E-state index is 0.00584. The average molecular weight is 1930 g/mol. The maximum Gasteiger partial charge on any atom is 0.303 e. The molecule has 27 heteroatoms. The van der Waals surface area contributed by atoms with Crippen LogP contribution in [-0.4, -0.2) is 225 Å². The van der Waals surface area contributed by atoms with E-state index in [0.717, 1.165) is 70.6 Å². The van der Waals surface area contributed by atoms with Crippen molar-refractivity contribution in [1.29, 1.82) is 0 Å². The number of carboxylic acids is 5. The Kier molecular flexibility index (Phi) is 84.4. The number of aliphatic hydroxyl groups excluding tert-OH is 13. The molecule has 137 heavy (non-hydrogen) atoms. The number of hydrogen-bond donors (Lipinski definition) is 19. The molecular formula is C110H158ClFO25. The first-order valence-electron chi connectivity index (χ1n) is 47.1. The third kappa shape index (κ3) is 87.0. The van der Waals surface area contributed by atoms with E-state index in [-0.39, 0.29) is 69.6 Å². The van der Waals surface area contributed by atoms with Crippen LogP contribution in [0.2, 0.25) is 5.02 Å². The molecule has 15 atom stereocenters. The van der Waals surface area contributed by atoms with Gasteiger partial charge in [-0.05, 0) is 138 Å². The molecule has 0 aliphatic rings. The number of halogens is 2. The Morgan fingerprint density at radius 3 is 1.18 bits per heavy atom. The van der Waals surface area contributed by atoms with E-state index in [9.17, 15) is 99.9 Å².